The van der Waals surface area contributed by atoms with E-state index in [1.165, 1.54) is 12.4 Å². The molecule has 0 bridgehead atoms. The molecular formula is C10H17N3. The van der Waals surface area contributed by atoms with Gasteiger partial charge in [-0.3, -0.25) is 0 Å². The Morgan fingerprint density at radius 1 is 1.23 bits per heavy atom. The van der Waals surface area contributed by atoms with E-state index in [4.69, 9.17) is 16.1 Å². The van der Waals surface area contributed by atoms with Crippen molar-refractivity contribution in [1.82, 2.24) is 0 Å². The van der Waals surface area contributed by atoms with E-state index >= 15 is 0 Å². The van der Waals surface area contributed by atoms with E-state index in [-0.39, 0.29) is 5.92 Å². The summed E-state index contributed by atoms with van der Waals surface area (Å²) in [4.78, 5) is 0. The highest BCUT2D eigenvalue weighted by molar-refractivity contribution is 5.56. The Labute approximate surface area is 79.8 Å². The number of rotatable bonds is 8. The van der Waals surface area contributed by atoms with Crippen molar-refractivity contribution in [3.8, 4) is 6.07 Å². The Morgan fingerprint density at radius 2 is 2.00 bits per heavy atom. The number of nitrogens with zero attached hydrogens (tertiary/aromatic N) is 1. The lowest BCUT2D eigenvalue weighted by atomic mass is 9.98. The highest BCUT2D eigenvalue weighted by Gasteiger charge is 2.03. The van der Waals surface area contributed by atoms with Gasteiger partial charge >= 0.3 is 0 Å². The highest BCUT2D eigenvalue weighted by atomic mass is 14.4. The van der Waals surface area contributed by atoms with Crippen LogP contribution in [0.5, 0.6) is 0 Å². The molecule has 0 aliphatic carbocycles. The molecule has 0 fully saturated rings. The smallest absolute Gasteiger partial charge is 0.0621 e. The predicted molar refractivity (Wildman–Crippen MR) is 54.4 cm³/mol. The van der Waals surface area contributed by atoms with Gasteiger partial charge in [-0.15, -0.1) is 0 Å². The Hall–Kier alpha value is -1.17. The van der Waals surface area contributed by atoms with Gasteiger partial charge in [0.15, 0.2) is 0 Å². The lowest BCUT2D eigenvalue weighted by molar-refractivity contribution is 0.553. The van der Waals surface area contributed by atoms with Crippen LogP contribution in [-0.2, 0) is 0 Å². The van der Waals surface area contributed by atoms with Gasteiger partial charge in [0.25, 0.3) is 0 Å². The molecule has 72 valence electrons. The zero-order chi connectivity index (χ0) is 9.94. The summed E-state index contributed by atoms with van der Waals surface area (Å²) in [6.45, 7) is 0. The molecule has 0 radical (unpaired) electrons. The largest absolute Gasteiger partial charge is 0.313 e. The minimum atomic E-state index is 0.269. The number of unbranched alkanes of at least 4 members (excludes halogenated alkanes) is 2. The Balaban J connectivity index is 3.42. The topological polar surface area (TPSA) is 71.5 Å². The summed E-state index contributed by atoms with van der Waals surface area (Å²) >= 11 is 0. The van der Waals surface area contributed by atoms with Gasteiger partial charge in [0.05, 0.1) is 6.07 Å². The van der Waals surface area contributed by atoms with Gasteiger partial charge in [-0.25, -0.2) is 0 Å². The summed E-state index contributed by atoms with van der Waals surface area (Å²) in [7, 11) is 0. The lowest BCUT2D eigenvalue weighted by Gasteiger charge is -2.07. The van der Waals surface area contributed by atoms with Crippen molar-refractivity contribution in [2.45, 2.75) is 38.5 Å². The van der Waals surface area contributed by atoms with Crippen LogP contribution in [0, 0.1) is 28.1 Å². The molecule has 3 heteroatoms. The van der Waals surface area contributed by atoms with Crippen molar-refractivity contribution >= 4 is 12.4 Å². The van der Waals surface area contributed by atoms with Crippen molar-refractivity contribution in [3.63, 3.8) is 0 Å². The SMILES string of the molecule is N#CCCC(C=N)CCCCC=N. The normalized spacial score (nSPS) is 11.6. The van der Waals surface area contributed by atoms with Gasteiger partial charge in [0, 0.05) is 6.42 Å². The first-order chi connectivity index (χ1) is 6.35. The Kier molecular flexibility index (Phi) is 8.12. The number of nitriles is 1. The third-order valence-corrected chi connectivity index (χ3v) is 2.04. The maximum Gasteiger partial charge on any atom is 0.0621 e. The second-order valence-corrected chi connectivity index (χ2v) is 3.11. The van der Waals surface area contributed by atoms with Crippen LogP contribution in [0.2, 0.25) is 0 Å². The molecular weight excluding hydrogens is 162 g/mol. The highest BCUT2D eigenvalue weighted by Crippen LogP contribution is 2.12. The first-order valence-electron chi connectivity index (χ1n) is 4.71. The van der Waals surface area contributed by atoms with Crippen LogP contribution in [0.3, 0.4) is 0 Å². The van der Waals surface area contributed by atoms with Crippen LogP contribution in [0.15, 0.2) is 0 Å². The van der Waals surface area contributed by atoms with Crippen LogP contribution in [0.1, 0.15) is 38.5 Å². The molecule has 2 N–H and O–H groups in total. The Morgan fingerprint density at radius 3 is 2.54 bits per heavy atom. The molecule has 0 aliphatic heterocycles. The molecule has 3 nitrogen and oxygen atoms in total. The fourth-order valence-electron chi connectivity index (χ4n) is 1.21. The van der Waals surface area contributed by atoms with Gasteiger partial charge in [-0.2, -0.15) is 5.26 Å². The lowest BCUT2D eigenvalue weighted by Crippen LogP contribution is -2.01. The third kappa shape index (κ3) is 7.20. The van der Waals surface area contributed by atoms with Gasteiger partial charge in [0.1, 0.15) is 0 Å². The van der Waals surface area contributed by atoms with Crippen LogP contribution in [-0.4, -0.2) is 12.4 Å². The van der Waals surface area contributed by atoms with Crippen LogP contribution in [0.4, 0.5) is 0 Å². The Bertz CT molecular complexity index is 181. The number of nitrogens with one attached hydrogen (secondary N) is 2. The van der Waals surface area contributed by atoms with Gasteiger partial charge < -0.3 is 10.8 Å². The molecule has 0 saturated carbocycles. The molecule has 0 aliphatic rings. The van der Waals surface area contributed by atoms with E-state index in [0.29, 0.717) is 6.42 Å². The second kappa shape index (κ2) is 8.92. The van der Waals surface area contributed by atoms with E-state index in [2.05, 4.69) is 6.07 Å². The van der Waals surface area contributed by atoms with Crippen molar-refractivity contribution in [1.29, 1.82) is 16.1 Å². The fraction of sp³-hybridized carbons (Fsp3) is 0.700. The summed E-state index contributed by atoms with van der Waals surface area (Å²) in [5, 5.41) is 22.3. The zero-order valence-electron chi connectivity index (χ0n) is 7.92. The second-order valence-electron chi connectivity index (χ2n) is 3.11. The molecule has 1 atom stereocenters. The summed E-state index contributed by atoms with van der Waals surface area (Å²) in [6, 6.07) is 2.09. The van der Waals surface area contributed by atoms with E-state index in [1.54, 1.807) is 0 Å². The summed E-state index contributed by atoms with van der Waals surface area (Å²) < 4.78 is 0. The molecule has 0 heterocycles. The minimum Gasteiger partial charge on any atom is -0.313 e. The van der Waals surface area contributed by atoms with Gasteiger partial charge in [-0.1, -0.05) is 6.42 Å². The maximum atomic E-state index is 8.37. The maximum absolute atomic E-state index is 8.37. The molecule has 1 unspecified atom stereocenters. The standard InChI is InChI=1S/C10H17N3/c11-7-3-1-2-5-10(9-13)6-4-8-12/h7,9-11,13H,1-6H2. The number of hydrogen-bond donors (Lipinski definition) is 2. The average Bonchev–Trinajstić information content (AvgIpc) is 2.17. The molecule has 13 heavy (non-hydrogen) atoms. The zero-order valence-corrected chi connectivity index (χ0v) is 7.92. The molecule has 0 spiro atoms. The molecule has 0 amide bonds. The average molecular weight is 179 g/mol. The minimum absolute atomic E-state index is 0.269. The summed E-state index contributed by atoms with van der Waals surface area (Å²) in [6.07, 6.45) is 8.13. The third-order valence-electron chi connectivity index (χ3n) is 2.04. The van der Waals surface area contributed by atoms with Crippen molar-refractivity contribution in [2.24, 2.45) is 5.92 Å². The van der Waals surface area contributed by atoms with Crippen molar-refractivity contribution in [2.75, 3.05) is 0 Å². The first-order valence-corrected chi connectivity index (χ1v) is 4.71. The fourth-order valence-corrected chi connectivity index (χ4v) is 1.21. The molecule has 0 rings (SSSR count). The molecule has 0 aromatic rings. The van der Waals surface area contributed by atoms with Crippen molar-refractivity contribution in [3.05, 3.63) is 0 Å². The van der Waals surface area contributed by atoms with Crippen LogP contribution < -0.4 is 0 Å². The van der Waals surface area contributed by atoms with E-state index in [1.807, 2.05) is 0 Å². The first kappa shape index (κ1) is 11.8. The van der Waals surface area contributed by atoms with Gasteiger partial charge in [0.2, 0.25) is 0 Å². The van der Waals surface area contributed by atoms with E-state index in [9.17, 15) is 0 Å². The van der Waals surface area contributed by atoms with Crippen LogP contribution >= 0.6 is 0 Å². The van der Waals surface area contributed by atoms with E-state index < -0.39 is 0 Å². The van der Waals surface area contributed by atoms with E-state index in [0.717, 1.165) is 32.1 Å². The number of hydrogen-bond acceptors (Lipinski definition) is 3. The monoisotopic (exact) mass is 179 g/mol. The summed E-state index contributed by atoms with van der Waals surface area (Å²) in [5.74, 6) is 0.269. The molecule has 0 saturated heterocycles. The molecule has 0 aromatic carbocycles. The van der Waals surface area contributed by atoms with Gasteiger partial charge in [-0.05, 0) is 44.0 Å². The van der Waals surface area contributed by atoms with Crippen LogP contribution in [0.25, 0.3) is 0 Å². The molecule has 0 aromatic heterocycles. The predicted octanol–water partition coefficient (Wildman–Crippen LogP) is 2.77. The quantitative estimate of drug-likeness (QED) is 0.436. The van der Waals surface area contributed by atoms with Crippen molar-refractivity contribution < 1.29 is 0 Å². The summed E-state index contributed by atoms with van der Waals surface area (Å²) in [5.41, 5.74) is 0.